The summed E-state index contributed by atoms with van der Waals surface area (Å²) in [7, 11) is 1.53. The second-order valence-electron chi connectivity index (χ2n) is 3.34. The summed E-state index contributed by atoms with van der Waals surface area (Å²) in [4.78, 5) is 19.4. The van der Waals surface area contributed by atoms with Crippen molar-refractivity contribution in [1.82, 2.24) is 9.97 Å². The molecule has 0 aliphatic carbocycles. The first-order valence-corrected chi connectivity index (χ1v) is 4.75. The van der Waals surface area contributed by atoms with E-state index >= 15 is 0 Å². The number of carbonyl (C=O) groups is 1. The summed E-state index contributed by atoms with van der Waals surface area (Å²) in [6.45, 7) is 2.53. The molecule has 2 heterocycles. The van der Waals surface area contributed by atoms with Gasteiger partial charge < -0.3 is 9.47 Å². The number of hydrogen-bond acceptors (Lipinski definition) is 5. The Labute approximate surface area is 87.4 Å². The van der Waals surface area contributed by atoms with E-state index in [1.165, 1.54) is 14.0 Å². The summed E-state index contributed by atoms with van der Waals surface area (Å²) in [6.07, 6.45) is 0.703. The number of nitrogens with zero attached hydrogens (tertiary/aromatic N) is 2. The molecule has 5 heteroatoms. The van der Waals surface area contributed by atoms with E-state index in [-0.39, 0.29) is 11.6 Å². The number of ketones is 1. The maximum absolute atomic E-state index is 11.2. The van der Waals surface area contributed by atoms with Gasteiger partial charge in [-0.2, -0.15) is 4.98 Å². The van der Waals surface area contributed by atoms with Crippen LogP contribution >= 0.6 is 0 Å². The van der Waals surface area contributed by atoms with Crippen LogP contribution in [0.1, 0.15) is 28.8 Å². The van der Waals surface area contributed by atoms with E-state index in [1.54, 1.807) is 0 Å². The van der Waals surface area contributed by atoms with Crippen LogP contribution in [0, 0.1) is 0 Å². The first-order chi connectivity index (χ1) is 7.22. The van der Waals surface area contributed by atoms with Gasteiger partial charge in [0.15, 0.2) is 11.6 Å². The number of aromatic nitrogens is 2. The van der Waals surface area contributed by atoms with Crippen LogP contribution in [0.3, 0.4) is 0 Å². The van der Waals surface area contributed by atoms with Crippen molar-refractivity contribution in [3.63, 3.8) is 0 Å². The lowest BCUT2D eigenvalue weighted by atomic mass is 10.1. The van der Waals surface area contributed by atoms with Gasteiger partial charge in [0.1, 0.15) is 0 Å². The topological polar surface area (TPSA) is 61.3 Å². The fourth-order valence-corrected chi connectivity index (χ4v) is 1.53. The maximum atomic E-state index is 11.2. The van der Waals surface area contributed by atoms with Gasteiger partial charge in [-0.15, -0.1) is 0 Å². The number of rotatable bonds is 2. The molecule has 0 bridgehead atoms. The van der Waals surface area contributed by atoms with Gasteiger partial charge in [-0.25, -0.2) is 4.98 Å². The zero-order chi connectivity index (χ0) is 10.8. The van der Waals surface area contributed by atoms with Crippen LogP contribution in [0.15, 0.2) is 0 Å². The van der Waals surface area contributed by atoms with E-state index in [1.807, 2.05) is 0 Å². The predicted molar refractivity (Wildman–Crippen MR) is 51.9 cm³/mol. The molecule has 0 amide bonds. The lowest BCUT2D eigenvalue weighted by molar-refractivity contribution is 0.0984. The number of ether oxygens (including phenoxy) is 2. The highest BCUT2D eigenvalue weighted by atomic mass is 16.5. The third kappa shape index (κ3) is 1.83. The number of methoxy groups -OCH3 is 1. The third-order valence-electron chi connectivity index (χ3n) is 2.29. The Morgan fingerprint density at radius 2 is 2.27 bits per heavy atom. The number of carbonyl (C=O) groups excluding carboxylic acids is 1. The Hall–Kier alpha value is -1.49. The molecule has 0 atom stereocenters. The first-order valence-electron chi connectivity index (χ1n) is 4.75. The Morgan fingerprint density at radius 1 is 1.47 bits per heavy atom. The molecule has 0 saturated heterocycles. The van der Waals surface area contributed by atoms with Crippen molar-refractivity contribution >= 4 is 5.78 Å². The van der Waals surface area contributed by atoms with Crippen molar-refractivity contribution in [3.05, 3.63) is 17.1 Å². The van der Waals surface area contributed by atoms with Crippen LogP contribution in [-0.4, -0.2) is 29.5 Å². The molecule has 1 aliphatic heterocycles. The highest BCUT2D eigenvalue weighted by molar-refractivity contribution is 5.90. The SMILES string of the molecule is COc1nc(C(C)=O)nc2c1COCC2. The molecule has 0 aromatic carbocycles. The summed E-state index contributed by atoms with van der Waals surface area (Å²) in [6, 6.07) is 0. The Kier molecular flexibility index (Phi) is 2.64. The minimum absolute atomic E-state index is 0.150. The van der Waals surface area contributed by atoms with E-state index in [0.29, 0.717) is 25.5 Å². The van der Waals surface area contributed by atoms with Crippen LogP contribution in [0.25, 0.3) is 0 Å². The summed E-state index contributed by atoms with van der Waals surface area (Å²) in [5.74, 6) is 0.514. The highest BCUT2D eigenvalue weighted by Gasteiger charge is 2.19. The smallest absolute Gasteiger partial charge is 0.222 e. The fourth-order valence-electron chi connectivity index (χ4n) is 1.53. The summed E-state index contributed by atoms with van der Waals surface area (Å²) in [5.41, 5.74) is 1.71. The first kappa shape index (κ1) is 10.0. The Balaban J connectivity index is 2.52. The van der Waals surface area contributed by atoms with Gasteiger partial charge in [0.25, 0.3) is 0 Å². The molecule has 1 aromatic heterocycles. The van der Waals surface area contributed by atoms with E-state index in [4.69, 9.17) is 9.47 Å². The molecule has 1 aromatic rings. The average Bonchev–Trinajstić information content (AvgIpc) is 2.27. The molecule has 2 rings (SSSR count). The fraction of sp³-hybridized carbons (Fsp3) is 0.500. The standard InChI is InChI=1S/C10H12N2O3/c1-6(13)9-11-8-3-4-15-5-7(8)10(12-9)14-2/h3-5H2,1-2H3. The maximum Gasteiger partial charge on any atom is 0.222 e. The average molecular weight is 208 g/mol. The monoisotopic (exact) mass is 208 g/mol. The largest absolute Gasteiger partial charge is 0.481 e. The van der Waals surface area contributed by atoms with Crippen molar-refractivity contribution in [3.8, 4) is 5.88 Å². The molecular weight excluding hydrogens is 196 g/mol. The molecular formula is C10H12N2O3. The molecule has 0 spiro atoms. The van der Waals surface area contributed by atoms with Crippen molar-refractivity contribution in [1.29, 1.82) is 0 Å². The third-order valence-corrected chi connectivity index (χ3v) is 2.29. The van der Waals surface area contributed by atoms with Crippen molar-refractivity contribution in [2.45, 2.75) is 20.0 Å². The van der Waals surface area contributed by atoms with Crippen molar-refractivity contribution in [2.24, 2.45) is 0 Å². The molecule has 15 heavy (non-hydrogen) atoms. The van der Waals surface area contributed by atoms with Crippen LogP contribution < -0.4 is 4.74 Å². The van der Waals surface area contributed by atoms with Gasteiger partial charge in [-0.1, -0.05) is 0 Å². The van der Waals surface area contributed by atoms with Gasteiger partial charge in [0.2, 0.25) is 5.88 Å². The second-order valence-corrected chi connectivity index (χ2v) is 3.34. The molecule has 0 radical (unpaired) electrons. The van der Waals surface area contributed by atoms with E-state index < -0.39 is 0 Å². The van der Waals surface area contributed by atoms with Crippen LogP contribution in [0.4, 0.5) is 0 Å². The minimum Gasteiger partial charge on any atom is -0.481 e. The molecule has 0 fully saturated rings. The van der Waals surface area contributed by atoms with Crippen LogP contribution in [0.2, 0.25) is 0 Å². The molecule has 0 unspecified atom stereocenters. The molecule has 80 valence electrons. The number of fused-ring (bicyclic) bond motifs is 1. The Morgan fingerprint density at radius 3 is 2.93 bits per heavy atom. The number of Topliss-reactive ketones (excluding diaryl/α,β-unsaturated/α-hetero) is 1. The normalized spacial score (nSPS) is 14.5. The highest BCUT2D eigenvalue weighted by Crippen LogP contribution is 2.23. The van der Waals surface area contributed by atoms with Crippen molar-refractivity contribution < 1.29 is 14.3 Å². The van der Waals surface area contributed by atoms with Crippen LogP contribution in [-0.2, 0) is 17.8 Å². The van der Waals surface area contributed by atoms with Crippen molar-refractivity contribution in [2.75, 3.05) is 13.7 Å². The lowest BCUT2D eigenvalue weighted by Gasteiger charge is -2.17. The minimum atomic E-state index is -0.150. The lowest BCUT2D eigenvalue weighted by Crippen LogP contribution is -2.17. The van der Waals surface area contributed by atoms with E-state index in [9.17, 15) is 4.79 Å². The van der Waals surface area contributed by atoms with Gasteiger partial charge in [-0.05, 0) is 0 Å². The van der Waals surface area contributed by atoms with Gasteiger partial charge in [-0.3, -0.25) is 4.79 Å². The van der Waals surface area contributed by atoms with E-state index in [0.717, 1.165) is 11.3 Å². The van der Waals surface area contributed by atoms with Gasteiger partial charge in [0.05, 0.1) is 31.6 Å². The summed E-state index contributed by atoms with van der Waals surface area (Å²) >= 11 is 0. The zero-order valence-corrected chi connectivity index (χ0v) is 8.74. The van der Waals surface area contributed by atoms with Crippen LogP contribution in [0.5, 0.6) is 5.88 Å². The van der Waals surface area contributed by atoms with Gasteiger partial charge >= 0.3 is 0 Å². The molecule has 1 aliphatic rings. The molecule has 5 nitrogen and oxygen atoms in total. The molecule has 0 saturated carbocycles. The summed E-state index contributed by atoms with van der Waals surface area (Å²) in [5, 5.41) is 0. The van der Waals surface area contributed by atoms with E-state index in [2.05, 4.69) is 9.97 Å². The van der Waals surface area contributed by atoms with Gasteiger partial charge in [0, 0.05) is 13.3 Å². The summed E-state index contributed by atoms with van der Waals surface area (Å²) < 4.78 is 10.4. The Bertz CT molecular complexity index is 387. The number of hydrogen-bond donors (Lipinski definition) is 0. The molecule has 0 N–H and O–H groups in total. The predicted octanol–water partition coefficient (Wildman–Crippen LogP) is 0.760. The zero-order valence-electron chi connectivity index (χ0n) is 8.74. The second kappa shape index (κ2) is 3.94. The quantitative estimate of drug-likeness (QED) is 0.671.